The summed E-state index contributed by atoms with van der Waals surface area (Å²) < 4.78 is 34.1. The number of alkyl halides is 2. The number of ether oxygens (including phenoxy) is 1. The van der Waals surface area contributed by atoms with Crippen LogP contribution >= 0.6 is 0 Å². The maximum atomic E-state index is 13.6. The lowest BCUT2D eigenvalue weighted by molar-refractivity contribution is -0.150. The number of para-hydroxylation sites is 2. The molecule has 0 radical (unpaired) electrons. The first-order valence-corrected chi connectivity index (χ1v) is 8.85. The molecule has 0 amide bonds. The van der Waals surface area contributed by atoms with Crippen molar-refractivity contribution in [1.29, 1.82) is 0 Å². The van der Waals surface area contributed by atoms with Crippen LogP contribution in [-0.2, 0) is 16.1 Å². The van der Waals surface area contributed by atoms with E-state index in [9.17, 15) is 18.4 Å². The van der Waals surface area contributed by atoms with Gasteiger partial charge in [0.15, 0.2) is 11.9 Å². The van der Waals surface area contributed by atoms with Crippen molar-refractivity contribution in [3.63, 3.8) is 0 Å². The van der Waals surface area contributed by atoms with Gasteiger partial charge in [-0.1, -0.05) is 30.3 Å². The van der Waals surface area contributed by atoms with E-state index in [-0.39, 0.29) is 11.3 Å². The van der Waals surface area contributed by atoms with Crippen molar-refractivity contribution in [3.8, 4) is 0 Å². The van der Waals surface area contributed by atoms with E-state index in [4.69, 9.17) is 4.74 Å². The Balaban J connectivity index is 1.58. The molecule has 2 aromatic carbocycles. The molecule has 1 unspecified atom stereocenters. The minimum absolute atomic E-state index is 0.0756. The smallest absolute Gasteiger partial charge is 0.328 e. The first-order valence-electron chi connectivity index (χ1n) is 8.85. The summed E-state index contributed by atoms with van der Waals surface area (Å²) in [5.41, 5.74) is 0.179. The number of aromatic nitrogens is 4. The van der Waals surface area contributed by atoms with Gasteiger partial charge in [0, 0.05) is 5.39 Å². The second-order valence-electron chi connectivity index (χ2n) is 6.43. The van der Waals surface area contributed by atoms with Crippen LogP contribution < -0.4 is 5.56 Å². The molecule has 4 rings (SSSR count). The Kier molecular flexibility index (Phi) is 4.79. The third-order valence-corrected chi connectivity index (χ3v) is 4.53. The molecule has 7 nitrogen and oxygen atoms in total. The van der Waals surface area contributed by atoms with Crippen LogP contribution in [0.4, 0.5) is 8.78 Å². The Labute approximate surface area is 163 Å². The Morgan fingerprint density at radius 1 is 1.14 bits per heavy atom. The summed E-state index contributed by atoms with van der Waals surface area (Å²) in [5.74, 6) is -0.858. The van der Waals surface area contributed by atoms with Crippen molar-refractivity contribution in [2.45, 2.75) is 26.1 Å². The van der Waals surface area contributed by atoms with E-state index < -0.39 is 30.7 Å². The summed E-state index contributed by atoms with van der Waals surface area (Å²) in [6, 6.07) is 13.3. The Morgan fingerprint density at radius 3 is 2.66 bits per heavy atom. The van der Waals surface area contributed by atoms with Crippen molar-refractivity contribution >= 4 is 27.8 Å². The average Bonchev–Trinajstić information content (AvgIpc) is 3.10. The van der Waals surface area contributed by atoms with Gasteiger partial charge in [-0.2, -0.15) is 13.9 Å². The first kappa shape index (κ1) is 18.7. The number of hydrogen-bond donors (Lipinski definition) is 0. The number of hydrogen-bond acceptors (Lipinski definition) is 5. The molecule has 1 atom stereocenters. The Bertz CT molecular complexity index is 1270. The van der Waals surface area contributed by atoms with E-state index in [1.54, 1.807) is 42.5 Å². The highest BCUT2D eigenvalue weighted by molar-refractivity contribution is 5.80. The predicted octanol–water partition coefficient (Wildman–Crippen LogP) is 3.45. The number of imidazole rings is 1. The summed E-state index contributed by atoms with van der Waals surface area (Å²) in [6.07, 6.45) is 0.434. The largest absolute Gasteiger partial charge is 0.453 e. The first-order chi connectivity index (χ1) is 14.0. The highest BCUT2D eigenvalue weighted by Crippen LogP contribution is 2.28. The third-order valence-electron chi connectivity index (χ3n) is 4.53. The second-order valence-corrected chi connectivity index (χ2v) is 6.43. The molecule has 2 aromatic heterocycles. The minimum Gasteiger partial charge on any atom is -0.453 e. The van der Waals surface area contributed by atoms with Gasteiger partial charge < -0.3 is 4.74 Å². The lowest BCUT2D eigenvalue weighted by Gasteiger charge is -2.15. The number of carbonyl (C=O) groups is 1. The molecule has 0 aliphatic carbocycles. The van der Waals surface area contributed by atoms with Crippen LogP contribution in [-0.4, -0.2) is 25.3 Å². The number of esters is 1. The van der Waals surface area contributed by atoms with E-state index in [0.29, 0.717) is 16.3 Å². The number of carbonyl (C=O) groups excluding carboxylic acids is 1. The number of nitrogens with zero attached hydrogens (tertiary/aromatic N) is 4. The molecule has 2 heterocycles. The molecule has 0 saturated heterocycles. The topological polar surface area (TPSA) is 79.0 Å². The molecule has 0 bridgehead atoms. The summed E-state index contributed by atoms with van der Waals surface area (Å²) in [4.78, 5) is 29.0. The fourth-order valence-corrected chi connectivity index (χ4v) is 3.20. The lowest BCUT2D eigenvalue weighted by atomic mass is 10.2. The van der Waals surface area contributed by atoms with Crippen molar-refractivity contribution < 1.29 is 18.3 Å². The van der Waals surface area contributed by atoms with Crippen molar-refractivity contribution in [1.82, 2.24) is 19.3 Å². The van der Waals surface area contributed by atoms with Gasteiger partial charge in [-0.05, 0) is 25.1 Å². The van der Waals surface area contributed by atoms with Gasteiger partial charge >= 0.3 is 12.5 Å². The Hall–Kier alpha value is -3.62. The number of halogens is 2. The predicted molar refractivity (Wildman–Crippen MR) is 101 cm³/mol. The monoisotopic (exact) mass is 398 g/mol. The summed E-state index contributed by atoms with van der Waals surface area (Å²) in [7, 11) is 0. The van der Waals surface area contributed by atoms with Gasteiger partial charge in [0.25, 0.3) is 5.56 Å². The molecular formula is C20H16F2N4O3. The zero-order chi connectivity index (χ0) is 20.5. The molecule has 0 spiro atoms. The van der Waals surface area contributed by atoms with Gasteiger partial charge in [-0.3, -0.25) is 14.2 Å². The zero-order valence-corrected chi connectivity index (χ0v) is 15.3. The van der Waals surface area contributed by atoms with Gasteiger partial charge in [0.05, 0.1) is 22.6 Å². The summed E-state index contributed by atoms with van der Waals surface area (Å²) in [6.45, 7) is -1.83. The van der Waals surface area contributed by atoms with Crippen LogP contribution in [0, 0.1) is 0 Å². The second kappa shape index (κ2) is 7.42. The number of rotatable bonds is 5. The molecule has 0 aliphatic heterocycles. The quantitative estimate of drug-likeness (QED) is 0.481. The molecule has 148 valence electrons. The average molecular weight is 398 g/mol. The van der Waals surface area contributed by atoms with E-state index >= 15 is 0 Å². The summed E-state index contributed by atoms with van der Waals surface area (Å²) in [5, 5.41) is 5.04. The molecule has 0 aliphatic rings. The van der Waals surface area contributed by atoms with Gasteiger partial charge in [-0.15, -0.1) is 0 Å². The van der Waals surface area contributed by atoms with Crippen molar-refractivity contribution in [2.75, 3.05) is 0 Å². The van der Waals surface area contributed by atoms with E-state index in [1.165, 1.54) is 19.2 Å². The highest BCUT2D eigenvalue weighted by Gasteiger charge is 2.24. The number of fused-ring (bicyclic) bond motifs is 2. The van der Waals surface area contributed by atoms with E-state index in [0.717, 1.165) is 9.25 Å². The van der Waals surface area contributed by atoms with Crippen LogP contribution in [0.1, 0.15) is 25.4 Å². The van der Waals surface area contributed by atoms with Crippen LogP contribution in [0.2, 0.25) is 0 Å². The van der Waals surface area contributed by atoms with Gasteiger partial charge in [0.2, 0.25) is 0 Å². The molecule has 0 N–H and O–H groups in total. The van der Waals surface area contributed by atoms with E-state index in [1.807, 2.05) is 0 Å². The Morgan fingerprint density at radius 2 is 1.86 bits per heavy atom. The SMILES string of the molecule is CC(OC(=O)Cn1ncc2ccccc2c1=O)c1nc2ccccc2n1C(F)F. The fourth-order valence-electron chi connectivity index (χ4n) is 3.20. The minimum atomic E-state index is -2.84. The van der Waals surface area contributed by atoms with Gasteiger partial charge in [-0.25, -0.2) is 9.67 Å². The molecule has 0 saturated carbocycles. The van der Waals surface area contributed by atoms with Crippen LogP contribution in [0.3, 0.4) is 0 Å². The van der Waals surface area contributed by atoms with Crippen LogP contribution in [0.25, 0.3) is 21.8 Å². The highest BCUT2D eigenvalue weighted by atomic mass is 19.3. The normalized spacial score (nSPS) is 12.6. The maximum Gasteiger partial charge on any atom is 0.328 e. The summed E-state index contributed by atoms with van der Waals surface area (Å²) >= 11 is 0. The molecule has 29 heavy (non-hydrogen) atoms. The van der Waals surface area contributed by atoms with Crippen molar-refractivity contribution in [2.24, 2.45) is 0 Å². The molecule has 4 aromatic rings. The van der Waals surface area contributed by atoms with Crippen LogP contribution in [0.5, 0.6) is 0 Å². The molecule has 0 fully saturated rings. The molecule has 9 heteroatoms. The zero-order valence-electron chi connectivity index (χ0n) is 15.3. The molecular weight excluding hydrogens is 382 g/mol. The van der Waals surface area contributed by atoms with Crippen LogP contribution in [0.15, 0.2) is 59.5 Å². The van der Waals surface area contributed by atoms with Crippen molar-refractivity contribution in [3.05, 3.63) is 70.9 Å². The third kappa shape index (κ3) is 3.46. The maximum absolute atomic E-state index is 13.6. The fraction of sp³-hybridized carbons (Fsp3) is 0.200. The van der Waals surface area contributed by atoms with Gasteiger partial charge in [0.1, 0.15) is 6.54 Å². The standard InChI is InChI=1S/C20H16F2N4O3/c1-12(18-24-15-8-4-5-9-16(15)26(18)20(21)22)29-17(27)11-25-19(28)14-7-3-2-6-13(14)10-23-25/h2-10,12,20H,11H2,1H3. The van der Waals surface area contributed by atoms with E-state index in [2.05, 4.69) is 10.1 Å². The lowest BCUT2D eigenvalue weighted by Crippen LogP contribution is -2.28. The number of benzene rings is 2.